The van der Waals surface area contributed by atoms with Gasteiger partial charge in [0.1, 0.15) is 0 Å². The van der Waals surface area contributed by atoms with Gasteiger partial charge in [-0.1, -0.05) is 84.9 Å². The minimum atomic E-state index is -0.320. The Kier molecular flexibility index (Phi) is 5.58. The number of rotatable bonds is 6. The van der Waals surface area contributed by atoms with Crippen molar-refractivity contribution in [1.82, 2.24) is 0 Å². The van der Waals surface area contributed by atoms with Gasteiger partial charge >= 0.3 is 0 Å². The van der Waals surface area contributed by atoms with E-state index < -0.39 is 0 Å². The van der Waals surface area contributed by atoms with Crippen LogP contribution in [-0.2, 0) is 13.0 Å². The largest absolute Gasteiger partial charge is 0.326 e. The highest BCUT2D eigenvalue weighted by atomic mass is 31.1. The monoisotopic (exact) mass is 319 g/mol. The van der Waals surface area contributed by atoms with Crippen molar-refractivity contribution < 1.29 is 0 Å². The van der Waals surface area contributed by atoms with Gasteiger partial charge in [-0.3, -0.25) is 0 Å². The van der Waals surface area contributed by atoms with Crippen molar-refractivity contribution in [2.75, 3.05) is 6.16 Å². The van der Waals surface area contributed by atoms with E-state index in [-0.39, 0.29) is 7.92 Å². The minimum Gasteiger partial charge on any atom is -0.326 e. The molecular weight excluding hydrogens is 297 g/mol. The Hall–Kier alpha value is -1.95. The van der Waals surface area contributed by atoms with Crippen LogP contribution in [-0.4, -0.2) is 6.16 Å². The molecule has 116 valence electrons. The first-order valence-electron chi connectivity index (χ1n) is 8.02. The molecule has 0 fully saturated rings. The van der Waals surface area contributed by atoms with E-state index in [1.54, 1.807) is 0 Å². The zero-order valence-corrected chi connectivity index (χ0v) is 14.1. The Morgan fingerprint density at radius 1 is 0.652 bits per heavy atom. The van der Waals surface area contributed by atoms with Gasteiger partial charge in [-0.15, -0.1) is 0 Å². The SMILES string of the molecule is NCc1cccc(CCP(c2ccccc2)c2ccccc2)c1. The van der Waals surface area contributed by atoms with Gasteiger partial charge in [0, 0.05) is 6.54 Å². The van der Waals surface area contributed by atoms with E-state index >= 15 is 0 Å². The number of benzene rings is 3. The number of hydrogen-bond acceptors (Lipinski definition) is 1. The standard InChI is InChI=1S/C21H22NP/c22-17-19-9-7-8-18(16-19)14-15-23(20-10-3-1-4-11-20)21-12-5-2-6-13-21/h1-13,16H,14-15,17,22H2. The summed E-state index contributed by atoms with van der Waals surface area (Å²) < 4.78 is 0. The summed E-state index contributed by atoms with van der Waals surface area (Å²) in [5, 5.41) is 2.90. The van der Waals surface area contributed by atoms with E-state index in [4.69, 9.17) is 5.73 Å². The summed E-state index contributed by atoms with van der Waals surface area (Å²) in [5.41, 5.74) is 8.36. The molecule has 0 aliphatic rings. The summed E-state index contributed by atoms with van der Waals surface area (Å²) in [6, 6.07) is 30.4. The highest BCUT2D eigenvalue weighted by molar-refractivity contribution is 7.73. The number of hydrogen-bond donors (Lipinski definition) is 1. The Morgan fingerprint density at radius 3 is 1.78 bits per heavy atom. The molecule has 3 aromatic rings. The van der Waals surface area contributed by atoms with Crippen LogP contribution >= 0.6 is 7.92 Å². The zero-order chi connectivity index (χ0) is 15.9. The second-order valence-electron chi connectivity index (χ2n) is 5.60. The van der Waals surface area contributed by atoms with Crippen LogP contribution in [0.15, 0.2) is 84.9 Å². The van der Waals surface area contributed by atoms with Crippen LogP contribution in [0.4, 0.5) is 0 Å². The lowest BCUT2D eigenvalue weighted by atomic mass is 10.1. The summed E-state index contributed by atoms with van der Waals surface area (Å²) in [6.07, 6.45) is 2.25. The molecule has 0 aliphatic heterocycles. The van der Waals surface area contributed by atoms with Crippen LogP contribution in [0.2, 0.25) is 0 Å². The summed E-state index contributed by atoms with van der Waals surface area (Å²) in [6.45, 7) is 0.611. The highest BCUT2D eigenvalue weighted by Crippen LogP contribution is 2.34. The molecule has 2 N–H and O–H groups in total. The van der Waals surface area contributed by atoms with Gasteiger partial charge in [0.2, 0.25) is 0 Å². The van der Waals surface area contributed by atoms with E-state index in [0.717, 1.165) is 12.6 Å². The number of aryl methyl sites for hydroxylation is 1. The van der Waals surface area contributed by atoms with Crippen LogP contribution in [0, 0.1) is 0 Å². The summed E-state index contributed by atoms with van der Waals surface area (Å²) in [4.78, 5) is 0. The first kappa shape index (κ1) is 15.9. The van der Waals surface area contributed by atoms with Gasteiger partial charge in [-0.05, 0) is 42.2 Å². The molecule has 3 rings (SSSR count). The van der Waals surface area contributed by atoms with Gasteiger partial charge in [0.05, 0.1) is 0 Å². The third-order valence-corrected chi connectivity index (χ3v) is 6.50. The second kappa shape index (κ2) is 8.06. The highest BCUT2D eigenvalue weighted by Gasteiger charge is 2.13. The van der Waals surface area contributed by atoms with E-state index in [2.05, 4.69) is 84.9 Å². The minimum absolute atomic E-state index is 0.320. The van der Waals surface area contributed by atoms with Crippen molar-refractivity contribution in [1.29, 1.82) is 0 Å². The number of nitrogens with two attached hydrogens (primary N) is 1. The molecule has 0 unspecified atom stereocenters. The molecule has 0 radical (unpaired) electrons. The first-order valence-corrected chi connectivity index (χ1v) is 9.55. The maximum atomic E-state index is 5.76. The molecule has 0 bridgehead atoms. The van der Waals surface area contributed by atoms with E-state index in [1.807, 2.05) is 0 Å². The summed E-state index contributed by atoms with van der Waals surface area (Å²) >= 11 is 0. The topological polar surface area (TPSA) is 26.0 Å². The third-order valence-electron chi connectivity index (χ3n) is 3.99. The van der Waals surface area contributed by atoms with E-state index in [0.29, 0.717) is 6.54 Å². The van der Waals surface area contributed by atoms with Crippen LogP contribution in [0.25, 0.3) is 0 Å². The lowest BCUT2D eigenvalue weighted by molar-refractivity contribution is 1.05. The molecule has 0 saturated carbocycles. The van der Waals surface area contributed by atoms with Crippen LogP contribution in [0.3, 0.4) is 0 Å². The molecule has 1 nitrogen and oxygen atoms in total. The summed E-state index contributed by atoms with van der Waals surface area (Å²) in [5.74, 6) is 0. The summed E-state index contributed by atoms with van der Waals surface area (Å²) in [7, 11) is -0.320. The molecular formula is C21H22NP. The lowest BCUT2D eigenvalue weighted by Gasteiger charge is -2.19. The molecule has 0 spiro atoms. The molecule has 0 aliphatic carbocycles. The molecule has 0 heterocycles. The van der Waals surface area contributed by atoms with Crippen molar-refractivity contribution in [2.24, 2.45) is 5.73 Å². The van der Waals surface area contributed by atoms with Crippen molar-refractivity contribution in [3.63, 3.8) is 0 Å². The second-order valence-corrected chi connectivity index (χ2v) is 7.93. The van der Waals surface area contributed by atoms with Crippen molar-refractivity contribution in [2.45, 2.75) is 13.0 Å². The first-order chi connectivity index (χ1) is 11.4. The van der Waals surface area contributed by atoms with Gasteiger partial charge in [-0.25, -0.2) is 0 Å². The predicted octanol–water partition coefficient (Wildman–Crippen LogP) is 3.82. The molecule has 3 aromatic carbocycles. The smallest absolute Gasteiger partial charge is 0.0178 e. The lowest BCUT2D eigenvalue weighted by Crippen LogP contribution is -2.15. The molecule has 0 amide bonds. The molecule has 2 heteroatoms. The van der Waals surface area contributed by atoms with Gasteiger partial charge < -0.3 is 5.73 Å². The average molecular weight is 319 g/mol. The fraction of sp³-hybridized carbons (Fsp3) is 0.143. The normalized spacial score (nSPS) is 10.9. The van der Waals surface area contributed by atoms with Gasteiger partial charge in [0.25, 0.3) is 0 Å². The maximum absolute atomic E-state index is 5.76. The van der Waals surface area contributed by atoms with Crippen LogP contribution < -0.4 is 16.3 Å². The maximum Gasteiger partial charge on any atom is 0.0178 e. The molecule has 0 atom stereocenters. The Morgan fingerprint density at radius 2 is 1.22 bits per heavy atom. The van der Waals surface area contributed by atoms with Gasteiger partial charge in [0.15, 0.2) is 0 Å². The molecule has 0 saturated heterocycles. The van der Waals surface area contributed by atoms with E-state index in [9.17, 15) is 0 Å². The van der Waals surface area contributed by atoms with E-state index in [1.165, 1.54) is 21.7 Å². The van der Waals surface area contributed by atoms with Crippen LogP contribution in [0.5, 0.6) is 0 Å². The molecule has 23 heavy (non-hydrogen) atoms. The van der Waals surface area contributed by atoms with Crippen molar-refractivity contribution in [3.8, 4) is 0 Å². The fourth-order valence-corrected chi connectivity index (χ4v) is 5.14. The quantitative estimate of drug-likeness (QED) is 0.687. The van der Waals surface area contributed by atoms with Crippen molar-refractivity contribution in [3.05, 3.63) is 96.1 Å². The van der Waals surface area contributed by atoms with Crippen molar-refractivity contribution >= 4 is 18.5 Å². The third kappa shape index (κ3) is 4.28. The molecule has 0 aromatic heterocycles. The Labute approximate surface area is 139 Å². The average Bonchev–Trinajstić information content (AvgIpc) is 2.64. The van der Waals surface area contributed by atoms with Gasteiger partial charge in [-0.2, -0.15) is 0 Å². The zero-order valence-electron chi connectivity index (χ0n) is 13.2. The fourth-order valence-electron chi connectivity index (χ4n) is 2.78. The van der Waals surface area contributed by atoms with Crippen LogP contribution in [0.1, 0.15) is 11.1 Å². The Balaban J connectivity index is 1.82. The Bertz CT molecular complexity index is 686. The predicted molar refractivity (Wildman–Crippen MR) is 102 cm³/mol.